The number of hydrogen-bond donors (Lipinski definition) is 2. The minimum absolute atomic E-state index is 0.0843. The normalized spacial score (nSPS) is 10.7. The van der Waals surface area contributed by atoms with E-state index in [1.165, 1.54) is 11.0 Å². The number of unbranched alkanes of at least 4 members (excludes halogenated alkanes) is 4. The van der Waals surface area contributed by atoms with Crippen LogP contribution in [-0.2, 0) is 9.53 Å². The number of allylic oxidation sites excluding steroid dienone is 3. The van der Waals surface area contributed by atoms with Crippen molar-refractivity contribution in [2.75, 3.05) is 36.5 Å². The lowest BCUT2D eigenvalue weighted by atomic mass is 10.1. The number of carboxylic acids is 1. The lowest BCUT2D eigenvalue weighted by molar-refractivity contribution is -0.123. The first-order valence-electron chi connectivity index (χ1n) is 10.9. The van der Waals surface area contributed by atoms with Gasteiger partial charge in [-0.1, -0.05) is 24.3 Å². The molecule has 0 aliphatic carbocycles. The summed E-state index contributed by atoms with van der Waals surface area (Å²) in [6, 6.07) is 4.99. The van der Waals surface area contributed by atoms with Gasteiger partial charge in [-0.15, -0.1) is 13.2 Å². The molecule has 2 N–H and O–H groups in total. The van der Waals surface area contributed by atoms with E-state index in [9.17, 15) is 14.7 Å². The maximum absolute atomic E-state index is 12.9. The van der Waals surface area contributed by atoms with Gasteiger partial charge in [-0.25, -0.2) is 4.79 Å². The molecule has 0 heterocycles. The maximum Gasteiger partial charge on any atom is 0.337 e. The first-order valence-corrected chi connectivity index (χ1v) is 10.9. The Morgan fingerprint density at radius 1 is 1.13 bits per heavy atom. The summed E-state index contributed by atoms with van der Waals surface area (Å²) < 4.78 is 5.54. The number of ether oxygens (including phenoxy) is 1. The second-order valence-electron chi connectivity index (χ2n) is 7.16. The molecule has 0 aliphatic heterocycles. The highest BCUT2D eigenvalue weighted by Crippen LogP contribution is 2.26. The van der Waals surface area contributed by atoms with Crippen LogP contribution >= 0.6 is 0 Å². The Morgan fingerprint density at radius 3 is 2.48 bits per heavy atom. The van der Waals surface area contributed by atoms with Crippen molar-refractivity contribution >= 4 is 23.3 Å². The zero-order valence-corrected chi connectivity index (χ0v) is 18.6. The van der Waals surface area contributed by atoms with E-state index in [0.717, 1.165) is 50.8 Å². The van der Waals surface area contributed by atoms with Crippen LogP contribution in [0.4, 0.5) is 11.4 Å². The first-order chi connectivity index (χ1) is 15.0. The average Bonchev–Trinajstić information content (AvgIpc) is 2.76. The maximum atomic E-state index is 12.9. The third-order valence-corrected chi connectivity index (χ3v) is 4.68. The Balaban J connectivity index is 2.93. The van der Waals surface area contributed by atoms with E-state index in [1.54, 1.807) is 12.1 Å². The van der Waals surface area contributed by atoms with Gasteiger partial charge in [0.05, 0.1) is 11.3 Å². The number of carbonyl (C=O) groups is 2. The fourth-order valence-corrected chi connectivity index (χ4v) is 2.97. The highest BCUT2D eigenvalue weighted by Gasteiger charge is 2.21. The highest BCUT2D eigenvalue weighted by molar-refractivity contribution is 6.03. The van der Waals surface area contributed by atoms with Crippen LogP contribution in [-0.4, -0.2) is 43.3 Å². The monoisotopic (exact) mass is 428 g/mol. The largest absolute Gasteiger partial charge is 0.478 e. The van der Waals surface area contributed by atoms with E-state index in [4.69, 9.17) is 4.74 Å². The summed E-state index contributed by atoms with van der Waals surface area (Å²) in [5.41, 5.74) is 1.23. The van der Waals surface area contributed by atoms with Gasteiger partial charge < -0.3 is 20.1 Å². The average molecular weight is 429 g/mol. The van der Waals surface area contributed by atoms with Crippen molar-refractivity contribution in [1.29, 1.82) is 0 Å². The van der Waals surface area contributed by atoms with E-state index in [0.29, 0.717) is 12.3 Å². The molecule has 6 nitrogen and oxygen atoms in total. The number of aromatic carboxylic acids is 1. The molecule has 1 amide bonds. The van der Waals surface area contributed by atoms with Gasteiger partial charge in [0.25, 0.3) is 5.91 Å². The summed E-state index contributed by atoms with van der Waals surface area (Å²) in [5, 5.41) is 13.0. The molecule has 6 heteroatoms. The highest BCUT2D eigenvalue weighted by atomic mass is 16.5. The lowest BCUT2D eigenvalue weighted by Crippen LogP contribution is -2.35. The van der Waals surface area contributed by atoms with Crippen LogP contribution in [0.5, 0.6) is 0 Å². The molecule has 1 aromatic carbocycles. The van der Waals surface area contributed by atoms with Gasteiger partial charge in [0, 0.05) is 25.4 Å². The van der Waals surface area contributed by atoms with Crippen LogP contribution < -0.4 is 10.2 Å². The van der Waals surface area contributed by atoms with Crippen LogP contribution in [0.25, 0.3) is 0 Å². The molecule has 0 spiro atoms. The molecular formula is C25H36N2O4. The molecule has 0 bridgehead atoms. The van der Waals surface area contributed by atoms with Crippen LogP contribution in [0.15, 0.2) is 55.7 Å². The van der Waals surface area contributed by atoms with E-state index in [1.807, 2.05) is 31.2 Å². The summed E-state index contributed by atoms with van der Waals surface area (Å²) >= 11 is 0. The first kappa shape index (κ1) is 26.2. The fourth-order valence-electron chi connectivity index (χ4n) is 2.97. The van der Waals surface area contributed by atoms with E-state index >= 15 is 0 Å². The van der Waals surface area contributed by atoms with E-state index in [2.05, 4.69) is 18.5 Å². The van der Waals surface area contributed by atoms with Crippen molar-refractivity contribution < 1.29 is 19.4 Å². The van der Waals surface area contributed by atoms with Crippen LogP contribution in [0.2, 0.25) is 0 Å². The third-order valence-electron chi connectivity index (χ3n) is 4.68. The van der Waals surface area contributed by atoms with Crippen molar-refractivity contribution in [1.82, 2.24) is 0 Å². The standard InChI is InChI=1S/C25H36N2O4/c1-4-7-10-12-16-26-21-14-15-22(25(29)30)23(19-21)27(17-9-6-3)24(28)20-31-18-13-11-8-5-2/h4-6,9,14-15,19,26H,1-2,7-8,10-13,16-18,20H2,3H3,(H,29,30). The number of hydrogen-bond acceptors (Lipinski definition) is 4. The van der Waals surface area contributed by atoms with Gasteiger partial charge in [-0.3, -0.25) is 4.79 Å². The molecule has 0 unspecified atom stereocenters. The van der Waals surface area contributed by atoms with Crippen LogP contribution in [0.3, 0.4) is 0 Å². The summed E-state index contributed by atoms with van der Waals surface area (Å²) in [4.78, 5) is 26.2. The van der Waals surface area contributed by atoms with Gasteiger partial charge in [0.1, 0.15) is 6.61 Å². The van der Waals surface area contributed by atoms with Gasteiger partial charge in [0.2, 0.25) is 0 Å². The molecule has 0 fully saturated rings. The number of rotatable bonds is 17. The Labute approximate surface area is 186 Å². The van der Waals surface area contributed by atoms with Gasteiger partial charge >= 0.3 is 5.97 Å². The van der Waals surface area contributed by atoms with Gasteiger partial charge in [-0.05, 0) is 63.6 Å². The predicted octanol–water partition coefficient (Wildman–Crippen LogP) is 5.44. The summed E-state index contributed by atoms with van der Waals surface area (Å²) in [6.07, 6.45) is 13.1. The predicted molar refractivity (Wildman–Crippen MR) is 128 cm³/mol. The molecule has 0 aromatic heterocycles. The topological polar surface area (TPSA) is 78.9 Å². The molecule has 0 saturated heterocycles. The zero-order valence-electron chi connectivity index (χ0n) is 18.6. The summed E-state index contributed by atoms with van der Waals surface area (Å²) in [6.45, 7) is 10.7. The number of carbonyl (C=O) groups excluding carboxylic acids is 1. The van der Waals surface area contributed by atoms with Gasteiger partial charge in [-0.2, -0.15) is 0 Å². The van der Waals surface area contributed by atoms with Crippen molar-refractivity contribution in [2.24, 2.45) is 0 Å². The van der Waals surface area contributed by atoms with Crippen molar-refractivity contribution in [3.05, 3.63) is 61.2 Å². The second kappa shape index (κ2) is 15.9. The van der Waals surface area contributed by atoms with Gasteiger partial charge in [0.15, 0.2) is 0 Å². The number of nitrogens with one attached hydrogen (secondary N) is 1. The molecule has 0 radical (unpaired) electrons. The number of amides is 1. The van der Waals surface area contributed by atoms with E-state index in [-0.39, 0.29) is 24.6 Å². The molecule has 0 aliphatic rings. The minimum Gasteiger partial charge on any atom is -0.478 e. The molecule has 0 saturated carbocycles. The second-order valence-corrected chi connectivity index (χ2v) is 7.16. The molecule has 170 valence electrons. The number of benzene rings is 1. The quantitative estimate of drug-likeness (QED) is 0.255. The Morgan fingerprint density at radius 2 is 1.84 bits per heavy atom. The molecule has 1 rings (SSSR count). The SMILES string of the molecule is C=CCCCCNc1ccc(C(=O)O)c(N(CC=CC)C(=O)COCCCCC=C)c1. The molecular weight excluding hydrogens is 392 g/mol. The summed E-state index contributed by atoms with van der Waals surface area (Å²) in [5.74, 6) is -1.34. The fraction of sp³-hybridized carbons (Fsp3) is 0.440. The van der Waals surface area contributed by atoms with Crippen molar-refractivity contribution in [2.45, 2.75) is 45.4 Å². The van der Waals surface area contributed by atoms with E-state index < -0.39 is 5.97 Å². The molecule has 1 aromatic rings. The molecule has 31 heavy (non-hydrogen) atoms. The Bertz CT molecular complexity index is 743. The van der Waals surface area contributed by atoms with Crippen molar-refractivity contribution in [3.63, 3.8) is 0 Å². The Kier molecular flexibility index (Phi) is 13.4. The molecule has 0 atom stereocenters. The third kappa shape index (κ3) is 10.1. The number of nitrogens with zero attached hydrogens (tertiary/aromatic N) is 1. The number of carboxylic acid groups (broad SMARTS) is 1. The van der Waals surface area contributed by atoms with Crippen LogP contribution in [0.1, 0.15) is 55.8 Å². The zero-order chi connectivity index (χ0) is 22.9. The minimum atomic E-state index is -1.07. The van der Waals surface area contributed by atoms with Crippen molar-refractivity contribution in [3.8, 4) is 0 Å². The Hall–Kier alpha value is -2.86. The lowest BCUT2D eigenvalue weighted by Gasteiger charge is -2.24. The number of anilines is 2. The van der Waals surface area contributed by atoms with Crippen LogP contribution in [0, 0.1) is 0 Å². The smallest absolute Gasteiger partial charge is 0.337 e. The summed E-state index contributed by atoms with van der Waals surface area (Å²) in [7, 11) is 0.